The number of pyridine rings is 1. The molecule has 214 valence electrons. The Kier molecular flexibility index (Phi) is 7.28. The van der Waals surface area contributed by atoms with Crippen molar-refractivity contribution in [3.8, 4) is 17.0 Å². The molecule has 3 aromatic rings. The summed E-state index contributed by atoms with van der Waals surface area (Å²) in [5, 5.41) is 9.54. The van der Waals surface area contributed by atoms with Crippen LogP contribution in [0.25, 0.3) is 11.3 Å². The van der Waals surface area contributed by atoms with Gasteiger partial charge in [0.25, 0.3) is 10.0 Å². The van der Waals surface area contributed by atoms with E-state index >= 15 is 0 Å². The van der Waals surface area contributed by atoms with Crippen molar-refractivity contribution in [2.24, 2.45) is 5.41 Å². The molecule has 1 aromatic heterocycles. The predicted octanol–water partition coefficient (Wildman–Crippen LogP) is 6.24. The van der Waals surface area contributed by atoms with E-state index in [0.29, 0.717) is 12.1 Å². The molecule has 7 nitrogen and oxygen atoms in total. The Morgan fingerprint density at radius 1 is 1.00 bits per heavy atom. The van der Waals surface area contributed by atoms with Gasteiger partial charge >= 0.3 is 18.3 Å². The number of sulfonamides is 1. The molecular formula is C26H22F6N2O5S. The van der Waals surface area contributed by atoms with Crippen LogP contribution in [0.1, 0.15) is 31.5 Å². The maximum atomic E-state index is 13.7. The molecule has 0 saturated heterocycles. The normalized spacial score (nSPS) is 16.3. The maximum absolute atomic E-state index is 13.7. The van der Waals surface area contributed by atoms with Gasteiger partial charge in [-0.05, 0) is 62.4 Å². The van der Waals surface area contributed by atoms with E-state index in [4.69, 9.17) is 4.74 Å². The van der Waals surface area contributed by atoms with E-state index in [1.54, 1.807) is 0 Å². The first-order chi connectivity index (χ1) is 18.4. The van der Waals surface area contributed by atoms with Gasteiger partial charge in [-0.25, -0.2) is 13.4 Å². The standard InChI is InChI=1S/C26H22F6N2O5S/c1-24(2,23(35)36)13-17-14-34(40(37,38)18-6-3-5-16(12-18)25(27,28)29)20-11-15(9-10-21(20)39-17)19-7-4-8-22(33-19)26(30,31)32/h3-12,17H,13-14H2,1-2H3,(H,35,36)/t17-/m0/s1. The number of benzene rings is 2. The minimum absolute atomic E-state index is 0.0521. The van der Waals surface area contributed by atoms with E-state index in [2.05, 4.69) is 4.98 Å². The highest BCUT2D eigenvalue weighted by molar-refractivity contribution is 7.92. The molecule has 0 bridgehead atoms. The number of aliphatic carboxylic acids is 1. The zero-order valence-corrected chi connectivity index (χ0v) is 21.7. The number of fused-ring (bicyclic) bond motifs is 1. The van der Waals surface area contributed by atoms with E-state index in [-0.39, 0.29) is 29.1 Å². The first kappa shape index (κ1) is 29.2. The Balaban J connectivity index is 1.84. The second-order valence-electron chi connectivity index (χ2n) is 9.78. The van der Waals surface area contributed by atoms with Gasteiger partial charge in [-0.3, -0.25) is 9.10 Å². The molecule has 1 atom stereocenters. The number of carboxylic acid groups (broad SMARTS) is 1. The van der Waals surface area contributed by atoms with Gasteiger partial charge in [-0.15, -0.1) is 0 Å². The summed E-state index contributed by atoms with van der Waals surface area (Å²) in [5.74, 6) is -1.23. The number of hydrogen-bond acceptors (Lipinski definition) is 5. The van der Waals surface area contributed by atoms with Crippen LogP contribution in [0, 0.1) is 5.41 Å². The highest BCUT2D eigenvalue weighted by Crippen LogP contribution is 2.42. The van der Waals surface area contributed by atoms with Crippen molar-refractivity contribution < 1.29 is 49.4 Å². The van der Waals surface area contributed by atoms with Gasteiger partial charge in [-0.1, -0.05) is 12.1 Å². The number of anilines is 1. The smallest absolute Gasteiger partial charge is 0.433 e. The second-order valence-corrected chi connectivity index (χ2v) is 11.6. The molecule has 0 radical (unpaired) electrons. The van der Waals surface area contributed by atoms with Gasteiger partial charge in [0.1, 0.15) is 17.5 Å². The molecule has 0 spiro atoms. The van der Waals surface area contributed by atoms with E-state index < -0.39 is 62.6 Å². The van der Waals surface area contributed by atoms with Crippen LogP contribution >= 0.6 is 0 Å². The highest BCUT2D eigenvalue weighted by atomic mass is 32.2. The number of aromatic nitrogens is 1. The van der Waals surface area contributed by atoms with E-state index in [9.17, 15) is 44.7 Å². The van der Waals surface area contributed by atoms with Crippen molar-refractivity contribution in [2.45, 2.75) is 43.6 Å². The summed E-state index contributed by atoms with van der Waals surface area (Å²) >= 11 is 0. The molecule has 1 aliphatic rings. The fraction of sp³-hybridized carbons (Fsp3) is 0.308. The summed E-state index contributed by atoms with van der Waals surface area (Å²) in [7, 11) is -4.69. The summed E-state index contributed by atoms with van der Waals surface area (Å²) in [4.78, 5) is 14.6. The van der Waals surface area contributed by atoms with Gasteiger partial charge in [0, 0.05) is 12.0 Å². The molecule has 0 amide bonds. The zero-order chi connectivity index (χ0) is 29.7. The van der Waals surface area contributed by atoms with Crippen molar-refractivity contribution in [2.75, 3.05) is 10.8 Å². The number of nitrogens with zero attached hydrogens (tertiary/aromatic N) is 2. The van der Waals surface area contributed by atoms with Gasteiger partial charge in [-0.2, -0.15) is 26.3 Å². The Morgan fingerprint density at radius 2 is 1.68 bits per heavy atom. The van der Waals surface area contributed by atoms with Crippen LogP contribution in [0.4, 0.5) is 32.0 Å². The van der Waals surface area contributed by atoms with Crippen molar-refractivity contribution in [3.63, 3.8) is 0 Å². The first-order valence-corrected chi connectivity index (χ1v) is 13.1. The van der Waals surface area contributed by atoms with E-state index in [1.165, 1.54) is 38.1 Å². The summed E-state index contributed by atoms with van der Waals surface area (Å²) in [5.41, 5.74) is -3.94. The molecular weight excluding hydrogens is 566 g/mol. The highest BCUT2D eigenvalue weighted by Gasteiger charge is 2.40. The molecule has 0 fully saturated rings. The number of carbonyl (C=O) groups is 1. The fourth-order valence-corrected chi connectivity index (χ4v) is 5.72. The van der Waals surface area contributed by atoms with Crippen LogP contribution in [0.5, 0.6) is 5.75 Å². The van der Waals surface area contributed by atoms with Crippen LogP contribution in [0.2, 0.25) is 0 Å². The molecule has 2 heterocycles. The van der Waals surface area contributed by atoms with Crippen LogP contribution in [0.3, 0.4) is 0 Å². The topological polar surface area (TPSA) is 96.8 Å². The summed E-state index contributed by atoms with van der Waals surface area (Å²) < 4.78 is 114. The maximum Gasteiger partial charge on any atom is 0.433 e. The number of carboxylic acids is 1. The summed E-state index contributed by atoms with van der Waals surface area (Å²) in [6, 6.07) is 10.1. The molecule has 1 N–H and O–H groups in total. The Hall–Kier alpha value is -3.81. The van der Waals surface area contributed by atoms with Gasteiger partial charge in [0.2, 0.25) is 0 Å². The quantitative estimate of drug-likeness (QED) is 0.343. The number of halogens is 6. The summed E-state index contributed by atoms with van der Waals surface area (Å²) in [6.07, 6.45) is -10.7. The lowest BCUT2D eigenvalue weighted by Gasteiger charge is -2.37. The monoisotopic (exact) mass is 588 g/mol. The van der Waals surface area contributed by atoms with E-state index in [0.717, 1.165) is 28.6 Å². The van der Waals surface area contributed by atoms with Crippen LogP contribution < -0.4 is 9.04 Å². The van der Waals surface area contributed by atoms with Crippen molar-refractivity contribution in [1.29, 1.82) is 0 Å². The number of rotatable bonds is 6. The van der Waals surface area contributed by atoms with Crippen molar-refractivity contribution >= 4 is 21.7 Å². The molecule has 2 aromatic carbocycles. The molecule has 0 aliphatic carbocycles. The summed E-state index contributed by atoms with van der Waals surface area (Å²) in [6.45, 7) is 2.34. The first-order valence-electron chi connectivity index (χ1n) is 11.7. The Bertz CT molecular complexity index is 1550. The molecule has 1 aliphatic heterocycles. The predicted molar refractivity (Wildman–Crippen MR) is 131 cm³/mol. The van der Waals surface area contributed by atoms with Crippen molar-refractivity contribution in [1.82, 2.24) is 4.98 Å². The minimum atomic E-state index is -4.83. The third-order valence-corrected chi connectivity index (χ3v) is 8.07. The number of ether oxygens (including phenoxy) is 1. The molecule has 40 heavy (non-hydrogen) atoms. The lowest BCUT2D eigenvalue weighted by Crippen LogP contribution is -2.46. The zero-order valence-electron chi connectivity index (χ0n) is 20.9. The Labute approximate surface area is 225 Å². The largest absolute Gasteiger partial charge is 0.486 e. The van der Waals surface area contributed by atoms with Crippen LogP contribution in [-0.4, -0.2) is 37.1 Å². The average molecular weight is 589 g/mol. The lowest BCUT2D eigenvalue weighted by molar-refractivity contribution is -0.148. The molecule has 0 unspecified atom stereocenters. The number of hydrogen-bond donors (Lipinski definition) is 1. The van der Waals surface area contributed by atoms with Crippen molar-refractivity contribution in [3.05, 3.63) is 71.9 Å². The van der Waals surface area contributed by atoms with Gasteiger partial charge < -0.3 is 9.84 Å². The number of alkyl halides is 6. The van der Waals surface area contributed by atoms with Gasteiger partial charge in [0.15, 0.2) is 0 Å². The lowest BCUT2D eigenvalue weighted by atomic mass is 9.86. The second kappa shape index (κ2) is 9.98. The van der Waals surface area contributed by atoms with E-state index in [1.807, 2.05) is 0 Å². The van der Waals surface area contributed by atoms with Crippen LogP contribution in [-0.2, 0) is 27.2 Å². The average Bonchev–Trinajstić information content (AvgIpc) is 2.87. The molecule has 0 saturated carbocycles. The molecule has 4 rings (SSSR count). The third-order valence-electron chi connectivity index (χ3n) is 6.29. The Morgan fingerprint density at radius 3 is 2.30 bits per heavy atom. The van der Waals surface area contributed by atoms with Crippen LogP contribution in [0.15, 0.2) is 65.6 Å². The minimum Gasteiger partial charge on any atom is -0.486 e. The SMILES string of the molecule is CC(C)(C[C@H]1CN(S(=O)(=O)c2cccc(C(F)(F)F)c2)c2cc(-c3cccc(C(F)(F)F)n3)ccc2O1)C(=O)O. The molecule has 14 heteroatoms. The fourth-order valence-electron chi connectivity index (χ4n) is 4.18. The third kappa shape index (κ3) is 5.86. The van der Waals surface area contributed by atoms with Gasteiger partial charge in [0.05, 0.1) is 33.8 Å².